The van der Waals surface area contributed by atoms with Gasteiger partial charge in [-0.15, -0.1) is 0 Å². The van der Waals surface area contributed by atoms with E-state index in [2.05, 4.69) is 11.4 Å². The summed E-state index contributed by atoms with van der Waals surface area (Å²) in [7, 11) is 1.89. The van der Waals surface area contributed by atoms with Gasteiger partial charge in [0.1, 0.15) is 11.6 Å². The summed E-state index contributed by atoms with van der Waals surface area (Å²) >= 11 is 0. The average Bonchev–Trinajstić information content (AvgIpc) is 2.49. The highest BCUT2D eigenvalue weighted by atomic mass is 19.1. The second-order valence-electron chi connectivity index (χ2n) is 5.09. The third-order valence-corrected chi connectivity index (χ3v) is 3.64. The first kappa shape index (κ1) is 13.1. The molecule has 0 unspecified atom stereocenters. The van der Waals surface area contributed by atoms with E-state index in [1.165, 1.54) is 11.6 Å². The minimum absolute atomic E-state index is 0.201. The zero-order valence-corrected chi connectivity index (χ0v) is 11.6. The van der Waals surface area contributed by atoms with Gasteiger partial charge < -0.3 is 10.1 Å². The van der Waals surface area contributed by atoms with E-state index in [9.17, 15) is 4.39 Å². The van der Waals surface area contributed by atoms with Crippen molar-refractivity contribution in [2.75, 3.05) is 13.7 Å². The quantitative estimate of drug-likeness (QED) is 0.922. The maximum atomic E-state index is 14.2. The van der Waals surface area contributed by atoms with Crippen LogP contribution >= 0.6 is 0 Å². The van der Waals surface area contributed by atoms with Crippen molar-refractivity contribution in [1.82, 2.24) is 5.32 Å². The molecule has 0 saturated carbocycles. The molecule has 0 bridgehead atoms. The number of ether oxygens (including phenoxy) is 1. The van der Waals surface area contributed by atoms with Crippen LogP contribution in [0.4, 0.5) is 4.39 Å². The number of halogens is 1. The Kier molecular flexibility index (Phi) is 3.70. The zero-order valence-electron chi connectivity index (χ0n) is 11.6. The number of nitrogens with one attached hydrogen (secondary N) is 1. The molecular formula is C17H18FNO. The lowest BCUT2D eigenvalue weighted by Crippen LogP contribution is -2.10. The largest absolute Gasteiger partial charge is 0.493 e. The molecule has 0 amide bonds. The summed E-state index contributed by atoms with van der Waals surface area (Å²) in [6, 6.07) is 11.2. The Morgan fingerprint density at radius 2 is 2.10 bits per heavy atom. The molecular weight excluding hydrogens is 253 g/mol. The Hall–Kier alpha value is -1.87. The molecule has 3 rings (SSSR count). The molecule has 2 aromatic carbocycles. The van der Waals surface area contributed by atoms with Crippen molar-refractivity contribution in [3.05, 3.63) is 53.3 Å². The lowest BCUT2D eigenvalue weighted by atomic mass is 9.96. The van der Waals surface area contributed by atoms with Crippen molar-refractivity contribution in [2.24, 2.45) is 0 Å². The summed E-state index contributed by atoms with van der Waals surface area (Å²) < 4.78 is 20.0. The summed E-state index contributed by atoms with van der Waals surface area (Å²) in [5.74, 6) is 0.645. The van der Waals surface area contributed by atoms with Crippen LogP contribution in [0, 0.1) is 5.82 Å². The molecule has 0 atom stereocenters. The van der Waals surface area contributed by atoms with Crippen LogP contribution in [0.1, 0.15) is 17.5 Å². The summed E-state index contributed by atoms with van der Waals surface area (Å²) in [5.41, 5.74) is 3.72. The van der Waals surface area contributed by atoms with Gasteiger partial charge >= 0.3 is 0 Å². The Labute approximate surface area is 118 Å². The van der Waals surface area contributed by atoms with Crippen LogP contribution in [0.15, 0.2) is 36.4 Å². The molecule has 1 N–H and O–H groups in total. The molecule has 0 aromatic heterocycles. The summed E-state index contributed by atoms with van der Waals surface area (Å²) in [6.45, 7) is 1.44. The summed E-state index contributed by atoms with van der Waals surface area (Å²) in [6.07, 6.45) is 2.03. The predicted molar refractivity (Wildman–Crippen MR) is 78.4 cm³/mol. The van der Waals surface area contributed by atoms with Gasteiger partial charge in [0.2, 0.25) is 0 Å². The van der Waals surface area contributed by atoms with Crippen molar-refractivity contribution in [3.8, 4) is 16.9 Å². The SMILES string of the molecule is CNCc1ccc(F)c(-c2cccc3c2OCCC3)c1. The van der Waals surface area contributed by atoms with E-state index < -0.39 is 0 Å². The van der Waals surface area contributed by atoms with E-state index in [4.69, 9.17) is 4.74 Å². The lowest BCUT2D eigenvalue weighted by Gasteiger charge is -2.21. The molecule has 104 valence electrons. The third kappa shape index (κ3) is 2.41. The number of rotatable bonds is 3. The topological polar surface area (TPSA) is 21.3 Å². The Bertz CT molecular complexity index is 624. The monoisotopic (exact) mass is 271 g/mol. The highest BCUT2D eigenvalue weighted by molar-refractivity contribution is 5.73. The smallest absolute Gasteiger partial charge is 0.131 e. The zero-order chi connectivity index (χ0) is 13.9. The first-order valence-electron chi connectivity index (χ1n) is 6.97. The standard InChI is InChI=1S/C17H18FNO/c1-19-11-12-7-8-16(18)15(10-12)14-6-2-4-13-5-3-9-20-17(13)14/h2,4,6-8,10,19H,3,5,9,11H2,1H3. The molecule has 0 saturated heterocycles. The third-order valence-electron chi connectivity index (χ3n) is 3.64. The van der Waals surface area contributed by atoms with Crippen LogP contribution in [-0.4, -0.2) is 13.7 Å². The fraction of sp³-hybridized carbons (Fsp3) is 0.294. The fourth-order valence-electron chi connectivity index (χ4n) is 2.69. The predicted octanol–water partition coefficient (Wildman–Crippen LogP) is 3.54. The molecule has 0 radical (unpaired) electrons. The number of para-hydroxylation sites is 1. The van der Waals surface area contributed by atoms with Crippen molar-refractivity contribution >= 4 is 0 Å². The van der Waals surface area contributed by atoms with Gasteiger partial charge in [0.25, 0.3) is 0 Å². The molecule has 0 aliphatic carbocycles. The number of fused-ring (bicyclic) bond motifs is 1. The molecule has 1 aliphatic heterocycles. The molecule has 2 aromatic rings. The number of aryl methyl sites for hydroxylation is 1. The van der Waals surface area contributed by atoms with Gasteiger partial charge in [0, 0.05) is 17.7 Å². The van der Waals surface area contributed by atoms with E-state index in [0.717, 1.165) is 36.3 Å². The molecule has 0 fully saturated rings. The van der Waals surface area contributed by atoms with Crippen LogP contribution in [-0.2, 0) is 13.0 Å². The lowest BCUT2D eigenvalue weighted by molar-refractivity contribution is 0.289. The number of hydrogen-bond acceptors (Lipinski definition) is 2. The van der Waals surface area contributed by atoms with E-state index in [0.29, 0.717) is 12.2 Å². The first-order valence-corrected chi connectivity index (χ1v) is 6.97. The number of hydrogen-bond donors (Lipinski definition) is 1. The highest BCUT2D eigenvalue weighted by Crippen LogP contribution is 2.37. The van der Waals surface area contributed by atoms with Gasteiger partial charge in [-0.05, 0) is 43.1 Å². The van der Waals surface area contributed by atoms with E-state index in [-0.39, 0.29) is 5.82 Å². The molecule has 20 heavy (non-hydrogen) atoms. The van der Waals surface area contributed by atoms with Gasteiger partial charge in [-0.25, -0.2) is 4.39 Å². The van der Waals surface area contributed by atoms with Crippen LogP contribution < -0.4 is 10.1 Å². The maximum Gasteiger partial charge on any atom is 0.131 e. The van der Waals surface area contributed by atoms with Gasteiger partial charge in [-0.1, -0.05) is 24.3 Å². The van der Waals surface area contributed by atoms with Gasteiger partial charge in [0.05, 0.1) is 6.61 Å². The maximum absolute atomic E-state index is 14.2. The Balaban J connectivity index is 2.11. The van der Waals surface area contributed by atoms with Gasteiger partial charge in [0.15, 0.2) is 0 Å². The van der Waals surface area contributed by atoms with E-state index in [1.54, 1.807) is 0 Å². The van der Waals surface area contributed by atoms with Crippen LogP contribution in [0.3, 0.4) is 0 Å². The Morgan fingerprint density at radius 1 is 1.20 bits per heavy atom. The highest BCUT2D eigenvalue weighted by Gasteiger charge is 2.17. The molecule has 1 aliphatic rings. The summed E-state index contributed by atoms with van der Waals surface area (Å²) in [5, 5.41) is 3.09. The van der Waals surface area contributed by atoms with Crippen LogP contribution in [0.25, 0.3) is 11.1 Å². The second kappa shape index (κ2) is 5.63. The fourth-order valence-corrected chi connectivity index (χ4v) is 2.69. The van der Waals surface area contributed by atoms with Crippen LogP contribution in [0.5, 0.6) is 5.75 Å². The minimum atomic E-state index is -0.201. The van der Waals surface area contributed by atoms with E-state index in [1.807, 2.05) is 31.3 Å². The minimum Gasteiger partial charge on any atom is -0.493 e. The van der Waals surface area contributed by atoms with Crippen molar-refractivity contribution in [3.63, 3.8) is 0 Å². The summed E-state index contributed by atoms with van der Waals surface area (Å²) in [4.78, 5) is 0. The van der Waals surface area contributed by atoms with Crippen LogP contribution in [0.2, 0.25) is 0 Å². The molecule has 1 heterocycles. The van der Waals surface area contributed by atoms with Gasteiger partial charge in [-0.2, -0.15) is 0 Å². The average molecular weight is 271 g/mol. The number of benzene rings is 2. The molecule has 2 nitrogen and oxygen atoms in total. The molecule has 0 spiro atoms. The normalized spacial score (nSPS) is 13.7. The van der Waals surface area contributed by atoms with Gasteiger partial charge in [-0.3, -0.25) is 0 Å². The van der Waals surface area contributed by atoms with Crippen molar-refractivity contribution < 1.29 is 9.13 Å². The first-order chi connectivity index (χ1) is 9.79. The molecule has 3 heteroatoms. The Morgan fingerprint density at radius 3 is 2.95 bits per heavy atom. The van der Waals surface area contributed by atoms with E-state index >= 15 is 0 Å². The second-order valence-corrected chi connectivity index (χ2v) is 5.09. The van der Waals surface area contributed by atoms with Crippen molar-refractivity contribution in [2.45, 2.75) is 19.4 Å². The van der Waals surface area contributed by atoms with Crippen molar-refractivity contribution in [1.29, 1.82) is 0 Å².